The van der Waals surface area contributed by atoms with E-state index in [9.17, 15) is 24.6 Å². The van der Waals surface area contributed by atoms with Crippen LogP contribution in [0.25, 0.3) is 0 Å². The molecule has 0 radical (unpaired) electrons. The molecule has 8 heteroatoms. The largest absolute Gasteiger partial charge is 0.481 e. The second kappa shape index (κ2) is 8.87. The highest BCUT2D eigenvalue weighted by Gasteiger charge is 2.79. The van der Waals surface area contributed by atoms with Gasteiger partial charge in [0.15, 0.2) is 0 Å². The van der Waals surface area contributed by atoms with Gasteiger partial charge >= 0.3 is 5.97 Å². The van der Waals surface area contributed by atoms with Gasteiger partial charge in [-0.2, -0.15) is 0 Å². The number of fused-ring (bicyclic) bond motifs is 1. The number of nitrogens with zero attached hydrogens (tertiary/aromatic N) is 2. The molecule has 3 rings (SSSR count). The number of likely N-dealkylation sites (tertiary alicyclic amines) is 1. The molecule has 1 spiro atoms. The van der Waals surface area contributed by atoms with Crippen molar-refractivity contribution in [3.63, 3.8) is 0 Å². The van der Waals surface area contributed by atoms with E-state index < -0.39 is 52.5 Å². The molecule has 198 valence electrons. The molecule has 3 fully saturated rings. The molecule has 35 heavy (non-hydrogen) atoms. The van der Waals surface area contributed by atoms with Gasteiger partial charge in [-0.3, -0.25) is 14.4 Å². The van der Waals surface area contributed by atoms with Gasteiger partial charge < -0.3 is 24.7 Å². The summed E-state index contributed by atoms with van der Waals surface area (Å²) in [6.45, 7) is 19.7. The number of ether oxygens (including phenoxy) is 1. The van der Waals surface area contributed by atoms with Crippen molar-refractivity contribution in [1.82, 2.24) is 9.80 Å². The zero-order chi connectivity index (χ0) is 26.7. The van der Waals surface area contributed by atoms with E-state index in [1.807, 2.05) is 27.7 Å². The molecule has 3 aliphatic heterocycles. The summed E-state index contributed by atoms with van der Waals surface area (Å²) in [6.07, 6.45) is 3.28. The molecular weight excluding hydrogens is 448 g/mol. The van der Waals surface area contributed by atoms with E-state index in [2.05, 4.69) is 27.4 Å². The fourth-order valence-electron chi connectivity index (χ4n) is 7.30. The molecule has 0 saturated carbocycles. The Hall–Kier alpha value is -1.93. The minimum Gasteiger partial charge on any atom is -0.481 e. The zero-order valence-corrected chi connectivity index (χ0v) is 22.6. The lowest BCUT2D eigenvalue weighted by Crippen LogP contribution is -2.63. The molecule has 3 aliphatic rings. The molecule has 2 unspecified atom stereocenters. The third-order valence-corrected chi connectivity index (χ3v) is 8.30. The molecular formula is C27H44N2O6. The van der Waals surface area contributed by atoms with Crippen molar-refractivity contribution in [1.29, 1.82) is 0 Å². The molecule has 0 aromatic heterocycles. The maximum atomic E-state index is 14.5. The summed E-state index contributed by atoms with van der Waals surface area (Å²) in [5.74, 6) is -3.89. The van der Waals surface area contributed by atoms with Gasteiger partial charge in [0.2, 0.25) is 11.8 Å². The molecule has 3 saturated heterocycles. The number of hydrogen-bond donors (Lipinski definition) is 2. The summed E-state index contributed by atoms with van der Waals surface area (Å²) in [5, 5.41) is 20.4. The third kappa shape index (κ3) is 4.31. The molecule has 2 amide bonds. The van der Waals surface area contributed by atoms with Crippen molar-refractivity contribution in [2.24, 2.45) is 23.2 Å². The first-order valence-electron chi connectivity index (χ1n) is 12.8. The summed E-state index contributed by atoms with van der Waals surface area (Å²) >= 11 is 0. The third-order valence-electron chi connectivity index (χ3n) is 8.30. The van der Waals surface area contributed by atoms with Gasteiger partial charge in [-0.1, -0.05) is 40.7 Å². The van der Waals surface area contributed by atoms with Gasteiger partial charge in [0.05, 0.1) is 30.1 Å². The van der Waals surface area contributed by atoms with Crippen LogP contribution >= 0.6 is 0 Å². The van der Waals surface area contributed by atoms with Gasteiger partial charge in [0, 0.05) is 12.1 Å². The fourth-order valence-corrected chi connectivity index (χ4v) is 7.30. The number of carboxylic acid groups (broad SMARTS) is 1. The van der Waals surface area contributed by atoms with Crippen molar-refractivity contribution in [3.8, 4) is 0 Å². The first-order valence-corrected chi connectivity index (χ1v) is 12.8. The van der Waals surface area contributed by atoms with Gasteiger partial charge in [-0.25, -0.2) is 0 Å². The highest BCUT2D eigenvalue weighted by molar-refractivity contribution is 5.98. The molecule has 8 nitrogen and oxygen atoms in total. The number of rotatable bonds is 9. The predicted molar refractivity (Wildman–Crippen MR) is 132 cm³/mol. The first kappa shape index (κ1) is 27.7. The van der Waals surface area contributed by atoms with E-state index in [0.29, 0.717) is 19.3 Å². The number of aliphatic carboxylic acids is 1. The molecule has 0 aromatic carbocycles. The fraction of sp³-hybridized carbons (Fsp3) is 0.815. The summed E-state index contributed by atoms with van der Waals surface area (Å²) < 4.78 is 6.50. The quantitative estimate of drug-likeness (QED) is 0.479. The van der Waals surface area contributed by atoms with Gasteiger partial charge in [-0.05, 0) is 51.4 Å². The van der Waals surface area contributed by atoms with E-state index in [4.69, 9.17) is 4.74 Å². The van der Waals surface area contributed by atoms with E-state index >= 15 is 0 Å². The van der Waals surface area contributed by atoms with Crippen LogP contribution in [0.3, 0.4) is 0 Å². The van der Waals surface area contributed by atoms with Crippen LogP contribution in [0.5, 0.6) is 0 Å². The topological polar surface area (TPSA) is 107 Å². The van der Waals surface area contributed by atoms with Crippen molar-refractivity contribution in [3.05, 3.63) is 12.7 Å². The maximum Gasteiger partial charge on any atom is 0.310 e. The zero-order valence-electron chi connectivity index (χ0n) is 22.6. The SMILES string of the molecule is C=CCN(C(=O)C1N([C@@H](CO)C(C)C)C(=O)[C@@H]2[C@@H](C(=O)O)[C@@]3(C)CCC12O3)C(C)(C)CC(C)(C)C. The van der Waals surface area contributed by atoms with Crippen LogP contribution in [0.1, 0.15) is 74.7 Å². The van der Waals surface area contributed by atoms with Crippen LogP contribution in [0.2, 0.25) is 0 Å². The highest BCUT2D eigenvalue weighted by Crippen LogP contribution is 2.63. The minimum atomic E-state index is -1.23. The summed E-state index contributed by atoms with van der Waals surface area (Å²) in [6, 6.07) is -1.64. The molecule has 2 N–H and O–H groups in total. The van der Waals surface area contributed by atoms with Gasteiger partial charge in [0.25, 0.3) is 0 Å². The van der Waals surface area contributed by atoms with Crippen molar-refractivity contribution >= 4 is 17.8 Å². The number of aliphatic hydroxyl groups is 1. The first-order chi connectivity index (χ1) is 16.0. The van der Waals surface area contributed by atoms with Crippen LogP contribution in [0.4, 0.5) is 0 Å². The van der Waals surface area contributed by atoms with Crippen LogP contribution in [-0.2, 0) is 19.1 Å². The molecule has 2 bridgehead atoms. The van der Waals surface area contributed by atoms with E-state index in [1.165, 1.54) is 4.90 Å². The Balaban J connectivity index is 2.18. The lowest BCUT2D eigenvalue weighted by molar-refractivity contribution is -0.162. The Kier molecular flexibility index (Phi) is 7.01. The lowest BCUT2D eigenvalue weighted by Gasteiger charge is -2.47. The second-order valence-corrected chi connectivity index (χ2v) is 13.1. The highest BCUT2D eigenvalue weighted by atomic mass is 16.5. The summed E-state index contributed by atoms with van der Waals surface area (Å²) in [7, 11) is 0. The Labute approximate surface area is 209 Å². The normalized spacial score (nSPS) is 33.3. The van der Waals surface area contributed by atoms with Gasteiger partial charge in [-0.15, -0.1) is 6.58 Å². The summed E-state index contributed by atoms with van der Waals surface area (Å²) in [5.41, 5.74) is -2.86. The number of aliphatic hydroxyl groups excluding tert-OH is 1. The lowest BCUT2D eigenvalue weighted by atomic mass is 9.66. The number of hydrogen-bond acceptors (Lipinski definition) is 5. The standard InChI is InChI=1S/C27H44N2O6/c1-10-13-28(25(7,8)15-24(4,5)6)22(32)20-27-12-11-26(9,35-27)19(23(33)34)18(27)21(31)29(20)17(14-30)16(2)3/h10,16-20,30H,1,11-15H2,2-9H3,(H,33,34)/t17-,18-,19-,20?,26+,27?/m0/s1. The van der Waals surface area contributed by atoms with Gasteiger partial charge in [0.1, 0.15) is 11.6 Å². The smallest absolute Gasteiger partial charge is 0.310 e. The predicted octanol–water partition coefficient (Wildman–Crippen LogP) is 3.08. The molecule has 0 aromatic rings. The average Bonchev–Trinajstić information content (AvgIpc) is 3.25. The Bertz CT molecular complexity index is 893. The molecule has 3 heterocycles. The monoisotopic (exact) mass is 492 g/mol. The van der Waals surface area contributed by atoms with Crippen LogP contribution in [-0.4, -0.2) is 79.8 Å². The van der Waals surface area contributed by atoms with E-state index in [1.54, 1.807) is 17.9 Å². The number of carboxylic acids is 1. The number of carbonyl (C=O) groups is 3. The summed E-state index contributed by atoms with van der Waals surface area (Å²) in [4.78, 5) is 44.2. The van der Waals surface area contributed by atoms with E-state index in [-0.39, 0.29) is 30.4 Å². The second-order valence-electron chi connectivity index (χ2n) is 13.1. The Morgan fingerprint density at radius 1 is 1.26 bits per heavy atom. The maximum absolute atomic E-state index is 14.5. The number of amides is 2. The van der Waals surface area contributed by atoms with Crippen LogP contribution < -0.4 is 0 Å². The van der Waals surface area contributed by atoms with Crippen LogP contribution in [0, 0.1) is 23.2 Å². The average molecular weight is 493 g/mol. The van der Waals surface area contributed by atoms with Crippen molar-refractivity contribution < 1.29 is 29.3 Å². The van der Waals surface area contributed by atoms with Crippen LogP contribution in [0.15, 0.2) is 12.7 Å². The molecule has 6 atom stereocenters. The molecule has 0 aliphatic carbocycles. The Morgan fingerprint density at radius 3 is 2.31 bits per heavy atom. The Morgan fingerprint density at radius 2 is 1.86 bits per heavy atom. The van der Waals surface area contributed by atoms with Crippen molar-refractivity contribution in [2.75, 3.05) is 13.2 Å². The minimum absolute atomic E-state index is 0.0645. The van der Waals surface area contributed by atoms with Crippen molar-refractivity contribution in [2.45, 2.75) is 103 Å². The van der Waals surface area contributed by atoms with E-state index in [0.717, 1.165) is 0 Å². The number of carbonyl (C=O) groups excluding carboxylic acids is 2.